The maximum absolute atomic E-state index is 6.50. The molecule has 0 aliphatic carbocycles. The van der Waals surface area contributed by atoms with Crippen LogP contribution in [0.4, 0.5) is 0 Å². The van der Waals surface area contributed by atoms with Crippen molar-refractivity contribution in [2.45, 2.75) is 6.92 Å². The Morgan fingerprint density at radius 2 is 1.74 bits per heavy atom. The number of aryl methyl sites for hydroxylation is 1. The van der Waals surface area contributed by atoms with E-state index >= 15 is 0 Å². The average Bonchev–Trinajstić information content (AvgIpc) is 2.97. The van der Waals surface area contributed by atoms with Crippen LogP contribution in [0.3, 0.4) is 0 Å². The predicted octanol–water partition coefficient (Wildman–Crippen LogP) is 6.72. The van der Waals surface area contributed by atoms with E-state index in [-0.39, 0.29) is 0 Å². The third-order valence-corrected chi connectivity index (χ3v) is 6.04. The Kier molecular flexibility index (Phi) is 2.70. The largest absolute Gasteiger partial charge is 0.235 e. The van der Waals surface area contributed by atoms with Crippen LogP contribution in [0.15, 0.2) is 54.6 Å². The second kappa shape index (κ2) is 4.67. The Morgan fingerprint density at radius 1 is 0.870 bits per heavy atom. The Hall–Kier alpha value is -2.16. The summed E-state index contributed by atoms with van der Waals surface area (Å²) < 4.78 is 2.37. The van der Waals surface area contributed by atoms with Gasteiger partial charge in [0, 0.05) is 20.9 Å². The van der Waals surface area contributed by atoms with Crippen molar-refractivity contribution in [3.63, 3.8) is 0 Å². The van der Waals surface area contributed by atoms with Crippen molar-refractivity contribution in [2.75, 3.05) is 0 Å². The molecule has 0 saturated heterocycles. The van der Waals surface area contributed by atoms with Crippen molar-refractivity contribution >= 4 is 64.8 Å². The van der Waals surface area contributed by atoms with Crippen molar-refractivity contribution in [1.29, 1.82) is 0 Å². The lowest BCUT2D eigenvalue weighted by atomic mass is 10.0. The summed E-state index contributed by atoms with van der Waals surface area (Å²) in [6, 6.07) is 19.3. The van der Waals surface area contributed by atoms with Gasteiger partial charge in [-0.25, -0.2) is 4.98 Å². The van der Waals surface area contributed by atoms with E-state index in [0.29, 0.717) is 5.15 Å². The predicted molar refractivity (Wildman–Crippen MR) is 102 cm³/mol. The fourth-order valence-electron chi connectivity index (χ4n) is 3.34. The highest BCUT2D eigenvalue weighted by Crippen LogP contribution is 2.43. The molecule has 0 amide bonds. The second-order valence-electron chi connectivity index (χ2n) is 5.89. The molecule has 0 bridgehead atoms. The topological polar surface area (TPSA) is 12.9 Å². The molecule has 0 aliphatic rings. The average molecular weight is 334 g/mol. The standard InChI is InChI=1S/C20H12ClNS/c1-11-6-9-16-15(10-11)17-14-8-7-12-4-2-3-5-13(12)18(14)23-19(17)20(21)22-16/h2-10H,1H3. The number of fused-ring (bicyclic) bond motifs is 7. The highest BCUT2D eigenvalue weighted by atomic mass is 35.5. The maximum Gasteiger partial charge on any atom is 0.147 e. The van der Waals surface area contributed by atoms with Crippen LogP contribution in [0.5, 0.6) is 0 Å². The molecule has 2 aromatic heterocycles. The lowest BCUT2D eigenvalue weighted by Crippen LogP contribution is -1.83. The molecule has 0 N–H and O–H groups in total. The molecule has 0 aliphatic heterocycles. The van der Waals surface area contributed by atoms with Gasteiger partial charge in [0.25, 0.3) is 0 Å². The number of nitrogens with zero attached hydrogens (tertiary/aromatic N) is 1. The van der Waals surface area contributed by atoms with Crippen LogP contribution in [-0.4, -0.2) is 4.98 Å². The summed E-state index contributed by atoms with van der Waals surface area (Å²) in [5.74, 6) is 0. The zero-order chi connectivity index (χ0) is 15.6. The van der Waals surface area contributed by atoms with Crippen LogP contribution in [0.2, 0.25) is 5.15 Å². The molecular formula is C20H12ClNS. The van der Waals surface area contributed by atoms with Crippen molar-refractivity contribution in [1.82, 2.24) is 4.98 Å². The fourth-order valence-corrected chi connectivity index (χ4v) is 4.88. The monoisotopic (exact) mass is 333 g/mol. The second-order valence-corrected chi connectivity index (χ2v) is 7.27. The molecular weight excluding hydrogens is 322 g/mol. The molecule has 0 unspecified atom stereocenters. The summed E-state index contributed by atoms with van der Waals surface area (Å²) >= 11 is 8.24. The molecule has 0 radical (unpaired) electrons. The molecule has 5 rings (SSSR count). The van der Waals surface area contributed by atoms with Crippen LogP contribution in [0.1, 0.15) is 5.56 Å². The Labute approximate surface area is 142 Å². The van der Waals surface area contributed by atoms with Gasteiger partial charge in [-0.15, -0.1) is 11.3 Å². The number of hydrogen-bond acceptors (Lipinski definition) is 2. The Bertz CT molecular complexity index is 1240. The van der Waals surface area contributed by atoms with E-state index in [4.69, 9.17) is 11.6 Å². The third-order valence-electron chi connectivity index (χ3n) is 4.41. The van der Waals surface area contributed by atoms with E-state index in [0.717, 1.165) is 10.2 Å². The van der Waals surface area contributed by atoms with Crippen LogP contribution >= 0.6 is 22.9 Å². The van der Waals surface area contributed by atoms with Crippen molar-refractivity contribution in [3.05, 3.63) is 65.3 Å². The molecule has 0 spiro atoms. The zero-order valence-corrected chi connectivity index (χ0v) is 14.0. The summed E-state index contributed by atoms with van der Waals surface area (Å²) in [5.41, 5.74) is 2.20. The first kappa shape index (κ1) is 13.3. The van der Waals surface area contributed by atoms with Gasteiger partial charge in [0.05, 0.1) is 10.2 Å². The normalized spacial score (nSPS) is 11.9. The first-order valence-corrected chi connectivity index (χ1v) is 8.71. The van der Waals surface area contributed by atoms with E-state index in [1.807, 2.05) is 0 Å². The molecule has 1 nitrogen and oxygen atoms in total. The van der Waals surface area contributed by atoms with Gasteiger partial charge in [-0.1, -0.05) is 59.6 Å². The van der Waals surface area contributed by atoms with Crippen LogP contribution < -0.4 is 0 Å². The number of benzene rings is 3. The van der Waals surface area contributed by atoms with Gasteiger partial charge in [-0.2, -0.15) is 0 Å². The van der Waals surface area contributed by atoms with E-state index in [1.54, 1.807) is 11.3 Å². The molecule has 0 fully saturated rings. The molecule has 3 heteroatoms. The van der Waals surface area contributed by atoms with E-state index < -0.39 is 0 Å². The lowest BCUT2D eigenvalue weighted by molar-refractivity contribution is 1.43. The van der Waals surface area contributed by atoms with Crippen LogP contribution in [0.25, 0.3) is 41.8 Å². The quantitative estimate of drug-likeness (QED) is 0.287. The SMILES string of the molecule is Cc1ccc2nc(Cl)c3sc4c5ccccc5ccc4c3c2c1. The minimum absolute atomic E-state index is 0.599. The van der Waals surface area contributed by atoms with E-state index in [2.05, 4.69) is 66.5 Å². The summed E-state index contributed by atoms with van der Waals surface area (Å²) in [6.45, 7) is 2.11. The summed E-state index contributed by atoms with van der Waals surface area (Å²) in [6.07, 6.45) is 0. The van der Waals surface area contributed by atoms with Crippen molar-refractivity contribution in [2.24, 2.45) is 0 Å². The minimum Gasteiger partial charge on any atom is -0.235 e. The van der Waals surface area contributed by atoms with Gasteiger partial charge in [0.2, 0.25) is 0 Å². The molecule has 0 saturated carbocycles. The maximum atomic E-state index is 6.50. The van der Waals surface area contributed by atoms with Crippen LogP contribution in [-0.2, 0) is 0 Å². The number of pyridine rings is 1. The number of hydrogen-bond donors (Lipinski definition) is 0. The highest BCUT2D eigenvalue weighted by Gasteiger charge is 2.15. The van der Waals surface area contributed by atoms with Crippen LogP contribution in [0, 0.1) is 6.92 Å². The fraction of sp³-hybridized carbons (Fsp3) is 0.0500. The lowest BCUT2D eigenvalue weighted by Gasteiger charge is -2.03. The molecule has 23 heavy (non-hydrogen) atoms. The molecule has 0 atom stereocenters. The first-order valence-electron chi connectivity index (χ1n) is 7.52. The molecule has 2 heterocycles. The van der Waals surface area contributed by atoms with Gasteiger partial charge in [0.1, 0.15) is 5.15 Å². The van der Waals surface area contributed by atoms with Crippen molar-refractivity contribution in [3.8, 4) is 0 Å². The Balaban J connectivity index is 2.12. The molecule has 110 valence electrons. The number of rotatable bonds is 0. The van der Waals surface area contributed by atoms with E-state index in [1.165, 1.54) is 37.2 Å². The van der Waals surface area contributed by atoms with Gasteiger partial charge >= 0.3 is 0 Å². The van der Waals surface area contributed by atoms with Gasteiger partial charge in [-0.3, -0.25) is 0 Å². The summed E-state index contributed by atoms with van der Waals surface area (Å²) in [7, 11) is 0. The first-order chi connectivity index (χ1) is 11.2. The third kappa shape index (κ3) is 1.82. The molecule has 5 aromatic rings. The number of halogens is 1. The smallest absolute Gasteiger partial charge is 0.147 e. The zero-order valence-electron chi connectivity index (χ0n) is 12.4. The minimum atomic E-state index is 0.599. The van der Waals surface area contributed by atoms with Crippen molar-refractivity contribution < 1.29 is 0 Å². The van der Waals surface area contributed by atoms with Gasteiger partial charge < -0.3 is 0 Å². The van der Waals surface area contributed by atoms with Gasteiger partial charge in [-0.05, 0) is 29.8 Å². The van der Waals surface area contributed by atoms with Gasteiger partial charge in [0.15, 0.2) is 0 Å². The van der Waals surface area contributed by atoms with E-state index in [9.17, 15) is 0 Å². The number of thiophene rings is 1. The summed E-state index contributed by atoms with van der Waals surface area (Å²) in [4.78, 5) is 4.60. The highest BCUT2D eigenvalue weighted by molar-refractivity contribution is 7.27. The summed E-state index contributed by atoms with van der Waals surface area (Å²) in [5, 5.41) is 6.82. The Morgan fingerprint density at radius 3 is 2.65 bits per heavy atom. The molecule has 3 aromatic carbocycles. The number of aromatic nitrogens is 1.